The third-order valence-corrected chi connectivity index (χ3v) is 5.82. The minimum absolute atomic E-state index is 0.158. The molecule has 5 nitrogen and oxygen atoms in total. The van der Waals surface area contributed by atoms with Gasteiger partial charge in [0, 0.05) is 37.3 Å². The maximum absolute atomic E-state index is 6.44. The quantitative estimate of drug-likeness (QED) is 0.618. The Balaban J connectivity index is 1.53. The van der Waals surface area contributed by atoms with Gasteiger partial charge in [-0.15, -0.1) is 0 Å². The lowest BCUT2D eigenvalue weighted by Gasteiger charge is -2.38. The number of ether oxygens (including phenoxy) is 2. The van der Waals surface area contributed by atoms with Crippen molar-refractivity contribution in [2.45, 2.75) is 18.7 Å². The fraction of sp³-hybridized carbons (Fsp3) is 0.240. The van der Waals surface area contributed by atoms with E-state index in [-0.39, 0.29) is 12.3 Å². The summed E-state index contributed by atoms with van der Waals surface area (Å²) in [7, 11) is 5.78. The molecule has 2 aliphatic heterocycles. The lowest BCUT2D eigenvalue weighted by atomic mass is 9.96. The van der Waals surface area contributed by atoms with Crippen LogP contribution in [0.3, 0.4) is 0 Å². The van der Waals surface area contributed by atoms with Crippen LogP contribution in [0.25, 0.3) is 0 Å². The van der Waals surface area contributed by atoms with E-state index >= 15 is 0 Å². The number of hydrogen-bond acceptors (Lipinski definition) is 5. The Hall–Kier alpha value is -3.47. The SMILES string of the molecule is COc1ccc(C2=NN3[C@H](C2)c2ccccc2O[C@@H]3c2ccc(N(C)C)cc2)cc1. The van der Waals surface area contributed by atoms with Crippen LogP contribution in [0.1, 0.15) is 35.4 Å². The van der Waals surface area contributed by atoms with Crippen molar-refractivity contribution in [2.75, 3.05) is 26.1 Å². The number of hydrogen-bond donors (Lipinski definition) is 0. The molecule has 5 rings (SSSR count). The maximum Gasteiger partial charge on any atom is 0.213 e. The third kappa shape index (κ3) is 3.16. The zero-order chi connectivity index (χ0) is 20.7. The molecule has 0 saturated carbocycles. The molecule has 3 aromatic carbocycles. The Bertz CT molecular complexity index is 1070. The van der Waals surface area contributed by atoms with E-state index in [4.69, 9.17) is 14.6 Å². The monoisotopic (exact) mass is 399 g/mol. The third-order valence-electron chi connectivity index (χ3n) is 5.82. The van der Waals surface area contributed by atoms with Gasteiger partial charge in [0.05, 0.1) is 18.9 Å². The van der Waals surface area contributed by atoms with Crippen LogP contribution in [0.5, 0.6) is 11.5 Å². The van der Waals surface area contributed by atoms with Gasteiger partial charge in [0.1, 0.15) is 11.5 Å². The molecule has 5 heteroatoms. The molecule has 0 amide bonds. The summed E-state index contributed by atoms with van der Waals surface area (Å²) in [5.41, 5.74) is 5.63. The molecule has 0 aromatic heterocycles. The van der Waals surface area contributed by atoms with E-state index in [1.165, 1.54) is 5.56 Å². The van der Waals surface area contributed by atoms with Crippen molar-refractivity contribution in [3.63, 3.8) is 0 Å². The second-order valence-electron chi connectivity index (χ2n) is 7.87. The fourth-order valence-electron chi connectivity index (χ4n) is 4.15. The summed E-state index contributed by atoms with van der Waals surface area (Å²) in [5, 5.41) is 7.14. The van der Waals surface area contributed by atoms with Crippen LogP contribution in [0.4, 0.5) is 5.69 Å². The number of rotatable bonds is 4. The van der Waals surface area contributed by atoms with Gasteiger partial charge in [0.2, 0.25) is 6.23 Å². The lowest BCUT2D eigenvalue weighted by Crippen LogP contribution is -2.33. The molecule has 0 fully saturated rings. The molecule has 0 bridgehead atoms. The van der Waals surface area contributed by atoms with Gasteiger partial charge < -0.3 is 14.4 Å². The number of para-hydroxylation sites is 1. The van der Waals surface area contributed by atoms with E-state index in [1.807, 2.05) is 32.3 Å². The van der Waals surface area contributed by atoms with E-state index in [2.05, 4.69) is 64.5 Å². The molecule has 0 aliphatic carbocycles. The van der Waals surface area contributed by atoms with Gasteiger partial charge in [-0.2, -0.15) is 5.10 Å². The summed E-state index contributed by atoms with van der Waals surface area (Å²) in [6.07, 6.45) is 0.593. The van der Waals surface area contributed by atoms with Gasteiger partial charge in [-0.3, -0.25) is 0 Å². The predicted molar refractivity (Wildman–Crippen MR) is 119 cm³/mol. The standard InChI is InChI=1S/C25H25N3O2/c1-27(2)19-12-8-18(9-13-19)25-28-23(21-6-4-5-7-24(21)30-25)16-22(26-28)17-10-14-20(29-3)15-11-17/h4-15,23,25H,16H2,1-3H3/t23-,25-/m1/s1. The van der Waals surface area contributed by atoms with Gasteiger partial charge in [-0.1, -0.05) is 30.3 Å². The van der Waals surface area contributed by atoms with E-state index in [0.717, 1.165) is 40.4 Å². The topological polar surface area (TPSA) is 37.3 Å². The molecular weight excluding hydrogens is 374 g/mol. The van der Waals surface area contributed by atoms with Gasteiger partial charge in [0.25, 0.3) is 0 Å². The fourth-order valence-corrected chi connectivity index (χ4v) is 4.15. The summed E-state index contributed by atoms with van der Waals surface area (Å²) < 4.78 is 11.7. The van der Waals surface area contributed by atoms with Crippen molar-refractivity contribution in [1.29, 1.82) is 0 Å². The predicted octanol–water partition coefficient (Wildman–Crippen LogP) is 5.00. The van der Waals surface area contributed by atoms with Crippen LogP contribution in [-0.4, -0.2) is 31.9 Å². The van der Waals surface area contributed by atoms with Crippen LogP contribution >= 0.6 is 0 Å². The second-order valence-corrected chi connectivity index (χ2v) is 7.87. The first-order valence-electron chi connectivity index (χ1n) is 10.2. The van der Waals surface area contributed by atoms with Crippen LogP contribution < -0.4 is 14.4 Å². The minimum Gasteiger partial charge on any atom is -0.497 e. The van der Waals surface area contributed by atoms with Crippen LogP contribution in [-0.2, 0) is 0 Å². The number of fused-ring (bicyclic) bond motifs is 3. The first kappa shape index (κ1) is 18.6. The van der Waals surface area contributed by atoms with Gasteiger partial charge in [0.15, 0.2) is 0 Å². The average molecular weight is 399 g/mol. The van der Waals surface area contributed by atoms with E-state index in [1.54, 1.807) is 7.11 Å². The van der Waals surface area contributed by atoms with Gasteiger partial charge in [-0.25, -0.2) is 5.01 Å². The van der Waals surface area contributed by atoms with Crippen molar-refractivity contribution in [3.05, 3.63) is 89.5 Å². The highest BCUT2D eigenvalue weighted by atomic mass is 16.5. The largest absolute Gasteiger partial charge is 0.497 e. The van der Waals surface area contributed by atoms with Gasteiger partial charge in [-0.05, 0) is 48.0 Å². The smallest absolute Gasteiger partial charge is 0.213 e. The van der Waals surface area contributed by atoms with Crippen LogP contribution in [0.15, 0.2) is 77.9 Å². The molecule has 2 atom stereocenters. The minimum atomic E-state index is -0.253. The van der Waals surface area contributed by atoms with Crippen molar-refractivity contribution in [2.24, 2.45) is 5.10 Å². The Morgan fingerprint density at radius 2 is 1.70 bits per heavy atom. The molecule has 2 aliphatic rings. The summed E-state index contributed by atoms with van der Waals surface area (Å²) in [4.78, 5) is 2.10. The molecular formula is C25H25N3O2. The second kappa shape index (κ2) is 7.41. The van der Waals surface area contributed by atoms with E-state index in [0.29, 0.717) is 0 Å². The first-order chi connectivity index (χ1) is 14.6. The van der Waals surface area contributed by atoms with Crippen molar-refractivity contribution in [3.8, 4) is 11.5 Å². The van der Waals surface area contributed by atoms with E-state index in [9.17, 15) is 0 Å². The molecule has 0 saturated heterocycles. The first-order valence-corrected chi connectivity index (χ1v) is 10.2. The molecule has 152 valence electrons. The van der Waals surface area contributed by atoms with Gasteiger partial charge >= 0.3 is 0 Å². The molecule has 2 heterocycles. The maximum atomic E-state index is 6.44. The molecule has 0 N–H and O–H groups in total. The molecule has 0 spiro atoms. The summed E-state index contributed by atoms with van der Waals surface area (Å²) >= 11 is 0. The van der Waals surface area contributed by atoms with Crippen molar-refractivity contribution in [1.82, 2.24) is 5.01 Å². The van der Waals surface area contributed by atoms with Crippen LogP contribution in [0, 0.1) is 0 Å². The lowest BCUT2D eigenvalue weighted by molar-refractivity contribution is -0.0190. The average Bonchev–Trinajstić information content (AvgIpc) is 3.24. The highest BCUT2D eigenvalue weighted by Crippen LogP contribution is 2.47. The number of nitrogens with zero attached hydrogens (tertiary/aromatic N) is 3. The molecule has 30 heavy (non-hydrogen) atoms. The zero-order valence-corrected chi connectivity index (χ0v) is 17.4. The molecule has 0 radical (unpaired) electrons. The summed E-state index contributed by atoms with van der Waals surface area (Å²) in [6, 6.07) is 25.1. The highest BCUT2D eigenvalue weighted by Gasteiger charge is 2.40. The number of methoxy groups -OCH3 is 1. The Morgan fingerprint density at radius 3 is 2.40 bits per heavy atom. The normalized spacial score (nSPS) is 19.4. The zero-order valence-electron chi connectivity index (χ0n) is 17.4. The highest BCUT2D eigenvalue weighted by molar-refractivity contribution is 6.02. The Labute approximate surface area is 177 Å². The number of hydrazone groups is 1. The summed E-state index contributed by atoms with van der Waals surface area (Å²) in [6.45, 7) is 0. The number of benzene rings is 3. The molecule has 0 unspecified atom stereocenters. The molecule has 3 aromatic rings. The summed E-state index contributed by atoms with van der Waals surface area (Å²) in [5.74, 6) is 1.79. The Kier molecular flexibility index (Phi) is 4.58. The van der Waals surface area contributed by atoms with E-state index < -0.39 is 0 Å². The van der Waals surface area contributed by atoms with Crippen molar-refractivity contribution >= 4 is 11.4 Å². The van der Waals surface area contributed by atoms with Crippen molar-refractivity contribution < 1.29 is 9.47 Å². The van der Waals surface area contributed by atoms with Crippen LogP contribution in [0.2, 0.25) is 0 Å². The Morgan fingerprint density at radius 1 is 0.967 bits per heavy atom. The number of anilines is 1.